The van der Waals surface area contributed by atoms with Gasteiger partial charge in [0.15, 0.2) is 0 Å². The Labute approximate surface area is 87.4 Å². The van der Waals surface area contributed by atoms with Gasteiger partial charge in [0.25, 0.3) is 0 Å². The standard InChI is InChI=1S/C12H22N2/c1-4-7-14-9-11(2,3)13-8-12(10-14)5-6-12/h4,13H,1,5-10H2,2-3H3. The summed E-state index contributed by atoms with van der Waals surface area (Å²) in [4.78, 5) is 2.54. The molecule has 14 heavy (non-hydrogen) atoms. The van der Waals surface area contributed by atoms with Crippen molar-refractivity contribution in [3.8, 4) is 0 Å². The van der Waals surface area contributed by atoms with Crippen LogP contribution in [-0.2, 0) is 0 Å². The molecule has 1 spiro atoms. The molecule has 0 atom stereocenters. The zero-order valence-corrected chi connectivity index (χ0v) is 9.47. The Morgan fingerprint density at radius 2 is 2.07 bits per heavy atom. The summed E-state index contributed by atoms with van der Waals surface area (Å²) < 4.78 is 0. The molecular formula is C12H22N2. The summed E-state index contributed by atoms with van der Waals surface area (Å²) in [6, 6.07) is 0. The van der Waals surface area contributed by atoms with Gasteiger partial charge in [0.05, 0.1) is 0 Å². The zero-order chi connectivity index (χ0) is 10.2. The molecule has 0 aromatic carbocycles. The van der Waals surface area contributed by atoms with Gasteiger partial charge in [-0.25, -0.2) is 0 Å². The van der Waals surface area contributed by atoms with E-state index < -0.39 is 0 Å². The lowest BCUT2D eigenvalue weighted by atomic mass is 10.1. The first-order valence-electron chi connectivity index (χ1n) is 5.64. The van der Waals surface area contributed by atoms with E-state index in [9.17, 15) is 0 Å². The van der Waals surface area contributed by atoms with E-state index in [0.29, 0.717) is 5.41 Å². The molecule has 2 heteroatoms. The maximum atomic E-state index is 3.84. The van der Waals surface area contributed by atoms with Crippen LogP contribution in [0.25, 0.3) is 0 Å². The van der Waals surface area contributed by atoms with Gasteiger partial charge in [-0.3, -0.25) is 4.90 Å². The van der Waals surface area contributed by atoms with Crippen LogP contribution >= 0.6 is 0 Å². The number of nitrogens with zero attached hydrogens (tertiary/aromatic N) is 1. The van der Waals surface area contributed by atoms with E-state index in [1.165, 1.54) is 25.9 Å². The minimum Gasteiger partial charge on any atom is -0.310 e. The van der Waals surface area contributed by atoms with Crippen LogP contribution in [0.2, 0.25) is 0 Å². The quantitative estimate of drug-likeness (QED) is 0.672. The Bertz CT molecular complexity index is 220. The van der Waals surface area contributed by atoms with Gasteiger partial charge in [-0.1, -0.05) is 6.08 Å². The summed E-state index contributed by atoms with van der Waals surface area (Å²) in [6.45, 7) is 13.1. The summed E-state index contributed by atoms with van der Waals surface area (Å²) >= 11 is 0. The van der Waals surface area contributed by atoms with Gasteiger partial charge < -0.3 is 5.32 Å². The van der Waals surface area contributed by atoms with Gasteiger partial charge in [0.1, 0.15) is 0 Å². The first-order chi connectivity index (χ1) is 6.55. The summed E-state index contributed by atoms with van der Waals surface area (Å²) in [5, 5.41) is 3.69. The lowest BCUT2D eigenvalue weighted by Crippen LogP contribution is -2.46. The Hall–Kier alpha value is -0.340. The highest BCUT2D eigenvalue weighted by Gasteiger charge is 2.46. The van der Waals surface area contributed by atoms with E-state index in [1.807, 2.05) is 6.08 Å². The molecular weight excluding hydrogens is 172 g/mol. The molecule has 1 heterocycles. The van der Waals surface area contributed by atoms with Crippen LogP contribution in [0.3, 0.4) is 0 Å². The number of nitrogens with one attached hydrogen (secondary N) is 1. The van der Waals surface area contributed by atoms with Crippen molar-refractivity contribution < 1.29 is 0 Å². The summed E-state index contributed by atoms with van der Waals surface area (Å²) in [5.74, 6) is 0. The van der Waals surface area contributed by atoms with E-state index in [4.69, 9.17) is 0 Å². The molecule has 80 valence electrons. The number of rotatable bonds is 2. The number of hydrogen-bond donors (Lipinski definition) is 1. The molecule has 0 radical (unpaired) electrons. The fourth-order valence-corrected chi connectivity index (χ4v) is 2.45. The van der Waals surface area contributed by atoms with Crippen molar-refractivity contribution in [2.24, 2.45) is 5.41 Å². The highest BCUT2D eigenvalue weighted by Crippen LogP contribution is 2.47. The molecule has 2 fully saturated rings. The second-order valence-electron chi connectivity index (χ2n) is 5.70. The normalized spacial score (nSPS) is 29.9. The van der Waals surface area contributed by atoms with Crippen molar-refractivity contribution in [3.05, 3.63) is 12.7 Å². The lowest BCUT2D eigenvalue weighted by Gasteiger charge is -2.29. The van der Waals surface area contributed by atoms with Crippen molar-refractivity contribution in [3.63, 3.8) is 0 Å². The van der Waals surface area contributed by atoms with Crippen LogP contribution in [0.1, 0.15) is 26.7 Å². The molecule has 0 bridgehead atoms. The molecule has 1 aliphatic heterocycles. The maximum Gasteiger partial charge on any atom is 0.0252 e. The third-order valence-corrected chi connectivity index (χ3v) is 3.46. The molecule has 0 amide bonds. The third kappa shape index (κ3) is 2.18. The summed E-state index contributed by atoms with van der Waals surface area (Å²) in [5.41, 5.74) is 0.867. The first-order valence-corrected chi connectivity index (χ1v) is 5.64. The van der Waals surface area contributed by atoms with Crippen LogP contribution in [-0.4, -0.2) is 36.6 Å². The Morgan fingerprint density at radius 1 is 1.36 bits per heavy atom. The molecule has 0 aromatic heterocycles. The van der Waals surface area contributed by atoms with Gasteiger partial charge in [0, 0.05) is 31.7 Å². The minimum absolute atomic E-state index is 0.259. The van der Waals surface area contributed by atoms with Crippen molar-refractivity contribution in [1.29, 1.82) is 0 Å². The molecule has 2 rings (SSSR count). The monoisotopic (exact) mass is 194 g/mol. The largest absolute Gasteiger partial charge is 0.310 e. The van der Waals surface area contributed by atoms with E-state index in [2.05, 4.69) is 30.6 Å². The topological polar surface area (TPSA) is 15.3 Å². The smallest absolute Gasteiger partial charge is 0.0252 e. The van der Waals surface area contributed by atoms with Crippen LogP contribution < -0.4 is 5.32 Å². The van der Waals surface area contributed by atoms with Gasteiger partial charge in [-0.05, 0) is 32.1 Å². The molecule has 1 saturated heterocycles. The van der Waals surface area contributed by atoms with E-state index in [0.717, 1.165) is 13.1 Å². The molecule has 1 aliphatic carbocycles. The molecule has 0 aromatic rings. The van der Waals surface area contributed by atoms with E-state index in [-0.39, 0.29) is 5.54 Å². The van der Waals surface area contributed by atoms with Crippen LogP contribution in [0, 0.1) is 5.41 Å². The molecule has 0 unspecified atom stereocenters. The third-order valence-electron chi connectivity index (χ3n) is 3.46. The van der Waals surface area contributed by atoms with Crippen molar-refractivity contribution in [2.75, 3.05) is 26.2 Å². The molecule has 1 saturated carbocycles. The average molecular weight is 194 g/mol. The molecule has 2 aliphatic rings. The number of hydrogen-bond acceptors (Lipinski definition) is 2. The van der Waals surface area contributed by atoms with Crippen molar-refractivity contribution in [2.45, 2.75) is 32.2 Å². The van der Waals surface area contributed by atoms with Gasteiger partial charge in [-0.2, -0.15) is 0 Å². The highest BCUT2D eigenvalue weighted by molar-refractivity contribution is 5.03. The zero-order valence-electron chi connectivity index (χ0n) is 9.47. The van der Waals surface area contributed by atoms with Gasteiger partial charge in [0.2, 0.25) is 0 Å². The summed E-state index contributed by atoms with van der Waals surface area (Å²) in [7, 11) is 0. The predicted molar refractivity (Wildman–Crippen MR) is 60.4 cm³/mol. The summed E-state index contributed by atoms with van der Waals surface area (Å²) in [6.07, 6.45) is 4.84. The van der Waals surface area contributed by atoms with E-state index in [1.54, 1.807) is 0 Å². The lowest BCUT2D eigenvalue weighted by molar-refractivity contribution is 0.234. The molecule has 2 nitrogen and oxygen atoms in total. The Kier molecular flexibility index (Phi) is 2.44. The first kappa shape index (κ1) is 10.2. The predicted octanol–water partition coefficient (Wildman–Crippen LogP) is 1.64. The fourth-order valence-electron chi connectivity index (χ4n) is 2.45. The van der Waals surface area contributed by atoms with E-state index >= 15 is 0 Å². The highest BCUT2D eigenvalue weighted by atomic mass is 15.2. The van der Waals surface area contributed by atoms with Crippen LogP contribution in [0.5, 0.6) is 0 Å². The maximum absolute atomic E-state index is 3.84. The Morgan fingerprint density at radius 3 is 2.64 bits per heavy atom. The second-order valence-corrected chi connectivity index (χ2v) is 5.70. The van der Waals surface area contributed by atoms with Crippen LogP contribution in [0.4, 0.5) is 0 Å². The van der Waals surface area contributed by atoms with Gasteiger partial charge >= 0.3 is 0 Å². The molecule has 1 N–H and O–H groups in total. The van der Waals surface area contributed by atoms with Crippen LogP contribution in [0.15, 0.2) is 12.7 Å². The van der Waals surface area contributed by atoms with Crippen molar-refractivity contribution in [1.82, 2.24) is 10.2 Å². The average Bonchev–Trinajstić information content (AvgIpc) is 2.83. The second kappa shape index (κ2) is 3.35. The minimum atomic E-state index is 0.259. The van der Waals surface area contributed by atoms with Crippen molar-refractivity contribution >= 4 is 0 Å². The Balaban J connectivity index is 2.04. The SMILES string of the molecule is C=CCN1CC2(CC2)CNC(C)(C)C1. The fraction of sp³-hybridized carbons (Fsp3) is 0.833. The van der Waals surface area contributed by atoms with Gasteiger partial charge in [-0.15, -0.1) is 6.58 Å².